The van der Waals surface area contributed by atoms with Gasteiger partial charge in [-0.25, -0.2) is 4.99 Å². The van der Waals surface area contributed by atoms with Crippen LogP contribution in [0, 0.1) is 0 Å². The minimum absolute atomic E-state index is 0.0752. The molecule has 23 heavy (non-hydrogen) atoms. The van der Waals surface area contributed by atoms with Crippen molar-refractivity contribution < 1.29 is 4.74 Å². The molecule has 122 valence electrons. The summed E-state index contributed by atoms with van der Waals surface area (Å²) in [7, 11) is 1.63. The average Bonchev–Trinajstić information content (AvgIpc) is 2.53. The van der Waals surface area contributed by atoms with Gasteiger partial charge in [0.25, 0.3) is 0 Å². The lowest BCUT2D eigenvalue weighted by atomic mass is 10.1. The number of rotatable bonds is 5. The molecule has 0 aliphatic carbocycles. The quantitative estimate of drug-likeness (QED) is 0.627. The van der Waals surface area contributed by atoms with Crippen molar-refractivity contribution in [1.29, 1.82) is 0 Å². The van der Waals surface area contributed by atoms with Gasteiger partial charge < -0.3 is 15.8 Å². The Morgan fingerprint density at radius 2 is 2.04 bits per heavy atom. The molecular formula is C17H19Cl2N3O. The maximum absolute atomic E-state index is 6.20. The first-order valence-corrected chi connectivity index (χ1v) is 7.89. The van der Waals surface area contributed by atoms with Crippen LogP contribution in [-0.2, 0) is 6.54 Å². The van der Waals surface area contributed by atoms with Crippen molar-refractivity contribution in [3.8, 4) is 5.75 Å². The summed E-state index contributed by atoms with van der Waals surface area (Å²) < 4.78 is 5.19. The van der Waals surface area contributed by atoms with Crippen LogP contribution in [0.15, 0.2) is 47.5 Å². The van der Waals surface area contributed by atoms with Gasteiger partial charge in [0.1, 0.15) is 5.75 Å². The number of hydrogen-bond acceptors (Lipinski definition) is 2. The third-order valence-electron chi connectivity index (χ3n) is 3.36. The highest BCUT2D eigenvalue weighted by Gasteiger charge is 2.10. The molecule has 0 aliphatic heterocycles. The standard InChI is InChI=1S/C17H19Cl2N3O/c1-11(15-7-6-13(18)9-16(15)19)22-17(20)21-10-12-4-3-5-14(8-12)23-2/h3-9,11H,10H2,1-2H3,(H3,20,21,22). The molecule has 0 aliphatic rings. The molecule has 0 radical (unpaired) electrons. The van der Waals surface area contributed by atoms with E-state index in [9.17, 15) is 0 Å². The Labute approximate surface area is 146 Å². The van der Waals surface area contributed by atoms with Crippen molar-refractivity contribution >= 4 is 29.2 Å². The number of halogens is 2. The van der Waals surface area contributed by atoms with Gasteiger partial charge in [-0.05, 0) is 42.3 Å². The summed E-state index contributed by atoms with van der Waals surface area (Å²) in [5.74, 6) is 1.15. The van der Waals surface area contributed by atoms with E-state index < -0.39 is 0 Å². The summed E-state index contributed by atoms with van der Waals surface area (Å²) in [6, 6.07) is 13.0. The maximum atomic E-state index is 6.20. The van der Waals surface area contributed by atoms with Crippen LogP contribution in [0.2, 0.25) is 10.0 Å². The lowest BCUT2D eigenvalue weighted by molar-refractivity contribution is 0.414. The number of ether oxygens (including phenoxy) is 1. The molecule has 2 aromatic rings. The molecule has 4 nitrogen and oxygen atoms in total. The molecule has 2 aromatic carbocycles. The van der Waals surface area contributed by atoms with Crippen molar-refractivity contribution in [3.05, 3.63) is 63.6 Å². The summed E-state index contributed by atoms with van der Waals surface area (Å²) in [6.07, 6.45) is 0. The molecule has 0 bridgehead atoms. The average molecular weight is 352 g/mol. The van der Waals surface area contributed by atoms with Gasteiger partial charge in [-0.15, -0.1) is 0 Å². The van der Waals surface area contributed by atoms with Crippen LogP contribution in [0.25, 0.3) is 0 Å². The van der Waals surface area contributed by atoms with Crippen LogP contribution in [0.3, 0.4) is 0 Å². The largest absolute Gasteiger partial charge is 0.497 e. The van der Waals surface area contributed by atoms with Crippen LogP contribution in [0.4, 0.5) is 0 Å². The molecule has 0 fully saturated rings. The van der Waals surface area contributed by atoms with Gasteiger partial charge >= 0.3 is 0 Å². The van der Waals surface area contributed by atoms with E-state index in [1.54, 1.807) is 19.2 Å². The van der Waals surface area contributed by atoms with E-state index in [1.165, 1.54) is 0 Å². The lowest BCUT2D eigenvalue weighted by Gasteiger charge is -2.16. The smallest absolute Gasteiger partial charge is 0.189 e. The second-order valence-corrected chi connectivity index (χ2v) is 5.93. The highest BCUT2D eigenvalue weighted by Crippen LogP contribution is 2.25. The van der Waals surface area contributed by atoms with E-state index in [0.717, 1.165) is 16.9 Å². The number of aliphatic imine (C=N–C) groups is 1. The Hall–Kier alpha value is -1.91. The summed E-state index contributed by atoms with van der Waals surface area (Å²) in [5, 5.41) is 4.32. The van der Waals surface area contributed by atoms with E-state index in [1.807, 2.05) is 37.3 Å². The monoisotopic (exact) mass is 351 g/mol. The summed E-state index contributed by atoms with van der Waals surface area (Å²) in [5.41, 5.74) is 7.88. The van der Waals surface area contributed by atoms with Gasteiger partial charge in [-0.3, -0.25) is 0 Å². The fourth-order valence-electron chi connectivity index (χ4n) is 2.15. The van der Waals surface area contributed by atoms with Gasteiger partial charge in [0.15, 0.2) is 5.96 Å². The van der Waals surface area contributed by atoms with E-state index >= 15 is 0 Å². The first-order valence-electron chi connectivity index (χ1n) is 7.14. The molecule has 0 saturated carbocycles. The lowest BCUT2D eigenvalue weighted by Crippen LogP contribution is -2.34. The third kappa shape index (κ3) is 5.05. The molecule has 0 amide bonds. The predicted molar refractivity (Wildman–Crippen MR) is 96.3 cm³/mol. The highest BCUT2D eigenvalue weighted by molar-refractivity contribution is 6.35. The zero-order chi connectivity index (χ0) is 16.8. The molecular weight excluding hydrogens is 333 g/mol. The minimum atomic E-state index is -0.0752. The Morgan fingerprint density at radius 1 is 1.26 bits per heavy atom. The zero-order valence-electron chi connectivity index (χ0n) is 13.0. The first kappa shape index (κ1) is 17.4. The Kier molecular flexibility index (Phi) is 6.13. The van der Waals surface area contributed by atoms with E-state index in [4.69, 9.17) is 33.7 Å². The van der Waals surface area contributed by atoms with Crippen molar-refractivity contribution in [1.82, 2.24) is 5.32 Å². The number of guanidine groups is 1. The predicted octanol–water partition coefficient (Wildman–Crippen LogP) is 4.17. The molecule has 0 aromatic heterocycles. The van der Waals surface area contributed by atoms with E-state index in [-0.39, 0.29) is 6.04 Å². The van der Waals surface area contributed by atoms with Crippen LogP contribution in [-0.4, -0.2) is 13.1 Å². The van der Waals surface area contributed by atoms with Crippen LogP contribution in [0.1, 0.15) is 24.1 Å². The topological polar surface area (TPSA) is 59.6 Å². The number of nitrogens with zero attached hydrogens (tertiary/aromatic N) is 1. The van der Waals surface area contributed by atoms with Gasteiger partial charge in [0.05, 0.1) is 19.7 Å². The fraction of sp³-hybridized carbons (Fsp3) is 0.235. The van der Waals surface area contributed by atoms with Gasteiger partial charge in [-0.2, -0.15) is 0 Å². The fourth-order valence-corrected chi connectivity index (χ4v) is 2.72. The zero-order valence-corrected chi connectivity index (χ0v) is 14.5. The SMILES string of the molecule is COc1cccc(CN=C(N)NC(C)c2ccc(Cl)cc2Cl)c1. The summed E-state index contributed by atoms with van der Waals surface area (Å²) in [6.45, 7) is 2.43. The molecule has 3 N–H and O–H groups in total. The van der Waals surface area contributed by atoms with Crippen molar-refractivity contribution in [2.45, 2.75) is 19.5 Å². The number of nitrogens with two attached hydrogens (primary N) is 1. The molecule has 6 heteroatoms. The third-order valence-corrected chi connectivity index (χ3v) is 3.92. The highest BCUT2D eigenvalue weighted by atomic mass is 35.5. The van der Waals surface area contributed by atoms with Crippen molar-refractivity contribution in [2.75, 3.05) is 7.11 Å². The Bertz CT molecular complexity index is 704. The second kappa shape index (κ2) is 8.09. The molecule has 1 atom stereocenters. The molecule has 2 rings (SSSR count). The summed E-state index contributed by atoms with van der Waals surface area (Å²) >= 11 is 12.1. The molecule has 0 heterocycles. The Morgan fingerprint density at radius 3 is 2.74 bits per heavy atom. The molecule has 1 unspecified atom stereocenters. The minimum Gasteiger partial charge on any atom is -0.497 e. The van der Waals surface area contributed by atoms with E-state index in [0.29, 0.717) is 22.5 Å². The van der Waals surface area contributed by atoms with Crippen molar-refractivity contribution in [3.63, 3.8) is 0 Å². The van der Waals surface area contributed by atoms with E-state index in [2.05, 4.69) is 10.3 Å². The number of nitrogens with one attached hydrogen (secondary N) is 1. The first-order chi connectivity index (χ1) is 11.0. The maximum Gasteiger partial charge on any atom is 0.189 e. The van der Waals surface area contributed by atoms with Crippen LogP contribution < -0.4 is 15.8 Å². The number of hydrogen-bond donors (Lipinski definition) is 2. The van der Waals surface area contributed by atoms with Gasteiger partial charge in [-0.1, -0.05) is 41.4 Å². The number of methoxy groups -OCH3 is 1. The van der Waals surface area contributed by atoms with Crippen molar-refractivity contribution in [2.24, 2.45) is 10.7 Å². The summed E-state index contributed by atoms with van der Waals surface area (Å²) in [4.78, 5) is 4.34. The molecule has 0 spiro atoms. The molecule has 0 saturated heterocycles. The normalized spacial score (nSPS) is 12.8. The van der Waals surface area contributed by atoms with Gasteiger partial charge in [0, 0.05) is 10.0 Å². The number of benzene rings is 2. The van der Waals surface area contributed by atoms with Crippen LogP contribution >= 0.6 is 23.2 Å². The second-order valence-electron chi connectivity index (χ2n) is 5.08. The van der Waals surface area contributed by atoms with Gasteiger partial charge in [0.2, 0.25) is 0 Å². The Balaban J connectivity index is 2.01. The van der Waals surface area contributed by atoms with Crippen LogP contribution in [0.5, 0.6) is 5.75 Å².